The average molecular weight is 642 g/mol. The molecule has 3 aromatic carbocycles. The SMILES string of the molecule is COc1c(NC(=O)Nc2ccc(Oc3ccnc(NCc4cccnc4)n3)c3ccccc23)cc(C(C)(C)C)cc1NS(C)(=O)=O. The summed E-state index contributed by atoms with van der Waals surface area (Å²) in [4.78, 5) is 26.2. The number of amides is 2. The van der Waals surface area contributed by atoms with Crippen LogP contribution in [0.5, 0.6) is 17.4 Å². The van der Waals surface area contributed by atoms with E-state index in [9.17, 15) is 13.2 Å². The van der Waals surface area contributed by atoms with Crippen LogP contribution in [0.4, 0.5) is 27.8 Å². The molecule has 0 unspecified atom stereocenters. The van der Waals surface area contributed by atoms with Crippen LogP contribution >= 0.6 is 0 Å². The van der Waals surface area contributed by atoms with Crippen molar-refractivity contribution in [3.63, 3.8) is 0 Å². The smallest absolute Gasteiger partial charge is 0.323 e. The number of ether oxygens (including phenoxy) is 2. The number of pyridine rings is 1. The molecule has 0 aliphatic heterocycles. The molecule has 2 heterocycles. The van der Waals surface area contributed by atoms with Crippen LogP contribution in [-0.4, -0.2) is 42.8 Å². The van der Waals surface area contributed by atoms with Crippen molar-refractivity contribution in [1.29, 1.82) is 0 Å². The van der Waals surface area contributed by atoms with Crippen molar-refractivity contribution in [3.05, 3.63) is 96.4 Å². The number of anilines is 4. The number of hydrogen-bond acceptors (Lipinski definition) is 9. The molecule has 0 aliphatic rings. The van der Waals surface area contributed by atoms with Gasteiger partial charge < -0.3 is 25.4 Å². The van der Waals surface area contributed by atoms with Crippen molar-refractivity contribution in [1.82, 2.24) is 15.0 Å². The number of urea groups is 1. The number of carbonyl (C=O) groups is 1. The van der Waals surface area contributed by atoms with Gasteiger partial charge in [-0.1, -0.05) is 51.1 Å². The first-order valence-corrected chi connectivity index (χ1v) is 16.2. The minimum atomic E-state index is -3.62. The zero-order valence-electron chi connectivity index (χ0n) is 26.1. The van der Waals surface area contributed by atoms with Crippen molar-refractivity contribution >= 4 is 49.8 Å². The third-order valence-electron chi connectivity index (χ3n) is 6.85. The summed E-state index contributed by atoms with van der Waals surface area (Å²) in [5.74, 6) is 1.47. The Morgan fingerprint density at radius 2 is 1.63 bits per heavy atom. The maximum absolute atomic E-state index is 13.4. The second-order valence-electron chi connectivity index (χ2n) is 11.5. The summed E-state index contributed by atoms with van der Waals surface area (Å²) < 4.78 is 38.3. The molecule has 2 aromatic heterocycles. The number of hydrogen-bond donors (Lipinski definition) is 4. The van der Waals surface area contributed by atoms with Gasteiger partial charge in [0, 0.05) is 42.0 Å². The molecule has 0 atom stereocenters. The third-order valence-corrected chi connectivity index (χ3v) is 7.44. The van der Waals surface area contributed by atoms with Crippen molar-refractivity contribution < 1.29 is 22.7 Å². The molecule has 12 nitrogen and oxygen atoms in total. The van der Waals surface area contributed by atoms with Gasteiger partial charge in [-0.3, -0.25) is 9.71 Å². The highest BCUT2D eigenvalue weighted by Crippen LogP contribution is 2.39. The fraction of sp³-hybridized carbons (Fsp3) is 0.212. The molecule has 0 spiro atoms. The number of benzene rings is 3. The van der Waals surface area contributed by atoms with E-state index in [-0.39, 0.29) is 16.9 Å². The van der Waals surface area contributed by atoms with Crippen LogP contribution in [0.25, 0.3) is 10.8 Å². The summed E-state index contributed by atoms with van der Waals surface area (Å²) >= 11 is 0. The van der Waals surface area contributed by atoms with E-state index in [0.29, 0.717) is 35.5 Å². The van der Waals surface area contributed by atoms with Crippen molar-refractivity contribution in [2.75, 3.05) is 34.0 Å². The Kier molecular flexibility index (Phi) is 9.23. The number of nitrogens with one attached hydrogen (secondary N) is 4. The molecule has 5 rings (SSSR count). The van der Waals surface area contributed by atoms with Crippen LogP contribution < -0.4 is 30.1 Å². The van der Waals surface area contributed by atoms with Gasteiger partial charge in [0.25, 0.3) is 0 Å². The third kappa shape index (κ3) is 7.99. The van der Waals surface area contributed by atoms with E-state index in [2.05, 4.69) is 35.6 Å². The molecule has 0 fully saturated rings. The zero-order chi connectivity index (χ0) is 32.9. The van der Waals surface area contributed by atoms with E-state index >= 15 is 0 Å². The number of sulfonamides is 1. The van der Waals surface area contributed by atoms with E-state index in [1.807, 2.05) is 57.2 Å². The number of aromatic nitrogens is 3. The maximum Gasteiger partial charge on any atom is 0.323 e. The van der Waals surface area contributed by atoms with Gasteiger partial charge >= 0.3 is 6.03 Å². The maximum atomic E-state index is 13.4. The molecular formula is C33H35N7O5S. The number of rotatable bonds is 10. The van der Waals surface area contributed by atoms with E-state index in [0.717, 1.165) is 28.2 Å². The molecule has 0 aliphatic carbocycles. The molecule has 0 saturated carbocycles. The van der Waals surface area contributed by atoms with Gasteiger partial charge in [0.05, 0.1) is 30.4 Å². The Morgan fingerprint density at radius 3 is 2.33 bits per heavy atom. The number of carbonyl (C=O) groups excluding carboxylic acids is 1. The van der Waals surface area contributed by atoms with E-state index in [1.54, 1.807) is 48.9 Å². The quantitative estimate of drug-likeness (QED) is 0.129. The van der Waals surface area contributed by atoms with Crippen LogP contribution in [0, 0.1) is 0 Å². The molecule has 4 N–H and O–H groups in total. The fourth-order valence-electron chi connectivity index (χ4n) is 4.68. The van der Waals surface area contributed by atoms with E-state index in [4.69, 9.17) is 9.47 Å². The Labute approximate surface area is 267 Å². The van der Waals surface area contributed by atoms with Crippen molar-refractivity contribution in [2.24, 2.45) is 0 Å². The molecular weight excluding hydrogens is 606 g/mol. The summed E-state index contributed by atoms with van der Waals surface area (Å²) in [6.45, 7) is 6.46. The van der Waals surface area contributed by atoms with Gasteiger partial charge in [-0.15, -0.1) is 0 Å². The molecule has 13 heteroatoms. The molecule has 5 aromatic rings. The monoisotopic (exact) mass is 641 g/mol. The summed E-state index contributed by atoms with van der Waals surface area (Å²) in [6.07, 6.45) is 6.14. The van der Waals surface area contributed by atoms with E-state index < -0.39 is 16.1 Å². The number of nitrogens with zero attached hydrogens (tertiary/aromatic N) is 3. The lowest BCUT2D eigenvalue weighted by molar-refractivity contribution is 0.262. The van der Waals surface area contributed by atoms with E-state index in [1.165, 1.54) is 7.11 Å². The Hall–Kier alpha value is -5.43. The summed E-state index contributed by atoms with van der Waals surface area (Å²) in [7, 11) is -2.21. The lowest BCUT2D eigenvalue weighted by Gasteiger charge is -2.24. The topological polar surface area (TPSA) is 156 Å². The van der Waals surface area contributed by atoms with Crippen LogP contribution in [0.3, 0.4) is 0 Å². The first-order chi connectivity index (χ1) is 21.9. The van der Waals surface area contributed by atoms with Gasteiger partial charge in [0.1, 0.15) is 5.75 Å². The minimum Gasteiger partial charge on any atom is -0.492 e. The lowest BCUT2D eigenvalue weighted by atomic mass is 9.86. The van der Waals surface area contributed by atoms with Gasteiger partial charge in [-0.2, -0.15) is 4.98 Å². The van der Waals surface area contributed by atoms with Gasteiger partial charge in [-0.25, -0.2) is 18.2 Å². The molecule has 46 heavy (non-hydrogen) atoms. The van der Waals surface area contributed by atoms with Crippen molar-refractivity contribution in [2.45, 2.75) is 32.7 Å². The largest absolute Gasteiger partial charge is 0.492 e. The predicted molar refractivity (Wildman–Crippen MR) is 180 cm³/mol. The number of methoxy groups -OCH3 is 1. The first kappa shape index (κ1) is 32.0. The van der Waals surface area contributed by atoms with Crippen LogP contribution in [0.15, 0.2) is 85.3 Å². The van der Waals surface area contributed by atoms with Gasteiger partial charge in [0.15, 0.2) is 5.75 Å². The molecule has 2 amide bonds. The van der Waals surface area contributed by atoms with Crippen LogP contribution in [0.2, 0.25) is 0 Å². The highest BCUT2D eigenvalue weighted by molar-refractivity contribution is 7.92. The fourth-order valence-corrected chi connectivity index (χ4v) is 5.23. The second kappa shape index (κ2) is 13.3. The van der Waals surface area contributed by atoms with Crippen molar-refractivity contribution in [3.8, 4) is 17.4 Å². The second-order valence-corrected chi connectivity index (χ2v) is 13.2. The highest BCUT2D eigenvalue weighted by atomic mass is 32.2. The molecule has 0 bridgehead atoms. The minimum absolute atomic E-state index is 0.182. The standard InChI is InChI=1S/C33H35N7O5S/c1-33(2,3)22-17-26(30(44-4)27(18-22)40-46(5,42)43)38-32(41)37-25-12-13-28(24-11-7-6-10-23(24)25)45-29-14-16-35-31(39-29)36-20-21-9-8-15-34-19-21/h6-19,40H,20H2,1-5H3,(H,35,36,39)(H2,37,38,41). The van der Waals surface area contributed by atoms with Crippen LogP contribution in [0.1, 0.15) is 31.9 Å². The molecule has 238 valence electrons. The first-order valence-electron chi connectivity index (χ1n) is 14.3. The number of fused-ring (bicyclic) bond motifs is 1. The molecule has 0 radical (unpaired) electrons. The summed E-state index contributed by atoms with van der Waals surface area (Å²) in [5, 5.41) is 10.4. The lowest BCUT2D eigenvalue weighted by Crippen LogP contribution is -2.22. The highest BCUT2D eigenvalue weighted by Gasteiger charge is 2.22. The average Bonchev–Trinajstić information content (AvgIpc) is 3.00. The predicted octanol–water partition coefficient (Wildman–Crippen LogP) is 6.75. The summed E-state index contributed by atoms with van der Waals surface area (Å²) in [6, 6.07) is 19.4. The van der Waals surface area contributed by atoms with Crippen LogP contribution in [-0.2, 0) is 22.0 Å². The Morgan fingerprint density at radius 1 is 0.891 bits per heavy atom. The van der Waals surface area contributed by atoms with Gasteiger partial charge in [-0.05, 0) is 46.9 Å². The zero-order valence-corrected chi connectivity index (χ0v) is 26.9. The Balaban J connectivity index is 1.37. The summed E-state index contributed by atoms with van der Waals surface area (Å²) in [5.41, 5.74) is 2.49. The van der Waals surface area contributed by atoms with Gasteiger partial charge in [0.2, 0.25) is 21.9 Å². The normalized spacial score (nSPS) is 11.5. The molecule has 0 saturated heterocycles. The Bertz CT molecular complexity index is 1980.